The molecule has 1 saturated heterocycles. The topological polar surface area (TPSA) is 67.2 Å². The Balaban J connectivity index is 1.79. The standard InChI is InChI=1S/C12H17NO3S/c1-16-7-12(6-13)2-8-9(3-12)11-5-17(14,15)4-10(8)11/h8-11H,2-5,7H2,1H3/t8-,9+,10-,11-,12?/m1/s1. The number of sulfone groups is 1. The van der Waals surface area contributed by atoms with Gasteiger partial charge in [0.05, 0.1) is 29.6 Å². The maximum Gasteiger partial charge on any atom is 0.150 e. The van der Waals surface area contributed by atoms with Crippen LogP contribution in [0, 0.1) is 40.4 Å². The fourth-order valence-electron chi connectivity index (χ4n) is 4.38. The molecule has 5 heteroatoms. The van der Waals surface area contributed by atoms with Gasteiger partial charge >= 0.3 is 0 Å². The van der Waals surface area contributed by atoms with Gasteiger partial charge in [0.15, 0.2) is 9.84 Å². The van der Waals surface area contributed by atoms with Crippen LogP contribution < -0.4 is 0 Å². The van der Waals surface area contributed by atoms with Crippen LogP contribution in [0.4, 0.5) is 0 Å². The van der Waals surface area contributed by atoms with Gasteiger partial charge in [0.1, 0.15) is 0 Å². The van der Waals surface area contributed by atoms with Gasteiger partial charge in [0.2, 0.25) is 0 Å². The second-order valence-corrected chi connectivity index (χ2v) is 8.12. The van der Waals surface area contributed by atoms with E-state index in [1.165, 1.54) is 0 Å². The summed E-state index contributed by atoms with van der Waals surface area (Å²) in [4.78, 5) is 0. The summed E-state index contributed by atoms with van der Waals surface area (Å²) < 4.78 is 28.3. The van der Waals surface area contributed by atoms with E-state index in [-0.39, 0.29) is 5.41 Å². The van der Waals surface area contributed by atoms with E-state index in [0.717, 1.165) is 12.8 Å². The molecule has 94 valence electrons. The highest BCUT2D eigenvalue weighted by atomic mass is 32.2. The summed E-state index contributed by atoms with van der Waals surface area (Å²) >= 11 is 0. The molecule has 0 aromatic heterocycles. The van der Waals surface area contributed by atoms with Gasteiger partial charge in [-0.2, -0.15) is 5.26 Å². The van der Waals surface area contributed by atoms with Crippen LogP contribution in [0.1, 0.15) is 12.8 Å². The van der Waals surface area contributed by atoms with Gasteiger partial charge < -0.3 is 4.74 Å². The van der Waals surface area contributed by atoms with E-state index in [2.05, 4.69) is 6.07 Å². The van der Waals surface area contributed by atoms with Gasteiger partial charge in [-0.1, -0.05) is 0 Å². The summed E-state index contributed by atoms with van der Waals surface area (Å²) in [6, 6.07) is 2.41. The summed E-state index contributed by atoms with van der Waals surface area (Å²) in [7, 11) is -1.17. The van der Waals surface area contributed by atoms with Crippen molar-refractivity contribution < 1.29 is 13.2 Å². The molecule has 0 amide bonds. The number of methoxy groups -OCH3 is 1. The van der Waals surface area contributed by atoms with E-state index in [4.69, 9.17) is 4.74 Å². The Morgan fingerprint density at radius 2 is 1.76 bits per heavy atom. The van der Waals surface area contributed by atoms with Crippen molar-refractivity contribution in [2.45, 2.75) is 12.8 Å². The zero-order chi connectivity index (χ0) is 12.3. The zero-order valence-electron chi connectivity index (χ0n) is 9.93. The Morgan fingerprint density at radius 1 is 1.24 bits per heavy atom. The highest BCUT2D eigenvalue weighted by Gasteiger charge is 2.63. The molecule has 2 aliphatic carbocycles. The lowest BCUT2D eigenvalue weighted by Gasteiger charge is -2.43. The monoisotopic (exact) mass is 255 g/mol. The number of fused-ring (bicyclic) bond motifs is 4. The first kappa shape index (κ1) is 11.5. The summed E-state index contributed by atoms with van der Waals surface area (Å²) in [5.41, 5.74) is -0.349. The third kappa shape index (κ3) is 1.54. The van der Waals surface area contributed by atoms with Gasteiger partial charge in [-0.3, -0.25) is 0 Å². The van der Waals surface area contributed by atoms with Crippen LogP contribution in [0.2, 0.25) is 0 Å². The van der Waals surface area contributed by atoms with E-state index >= 15 is 0 Å². The number of ether oxygens (including phenoxy) is 1. The van der Waals surface area contributed by atoms with Crippen LogP contribution in [0.3, 0.4) is 0 Å². The molecule has 0 N–H and O–H groups in total. The van der Waals surface area contributed by atoms with Crippen molar-refractivity contribution in [2.75, 3.05) is 25.2 Å². The number of hydrogen-bond acceptors (Lipinski definition) is 4. The van der Waals surface area contributed by atoms with E-state index in [1.54, 1.807) is 7.11 Å². The molecule has 0 bridgehead atoms. The molecule has 4 nitrogen and oxygen atoms in total. The Hall–Kier alpha value is -0.600. The predicted octanol–water partition coefficient (Wildman–Crippen LogP) is 0.843. The van der Waals surface area contributed by atoms with Crippen molar-refractivity contribution in [1.82, 2.24) is 0 Å². The highest BCUT2D eigenvalue weighted by molar-refractivity contribution is 7.91. The first-order chi connectivity index (χ1) is 8.00. The average molecular weight is 255 g/mol. The van der Waals surface area contributed by atoms with Crippen LogP contribution in [-0.4, -0.2) is 33.6 Å². The van der Waals surface area contributed by atoms with Gasteiger partial charge in [-0.15, -0.1) is 0 Å². The second-order valence-electron chi connectivity index (χ2n) is 5.97. The quantitative estimate of drug-likeness (QED) is 0.733. The molecular weight excluding hydrogens is 238 g/mol. The molecule has 2 saturated carbocycles. The molecule has 3 fully saturated rings. The molecule has 0 radical (unpaired) electrons. The van der Waals surface area contributed by atoms with Gasteiger partial charge in [-0.05, 0) is 36.5 Å². The van der Waals surface area contributed by atoms with Gasteiger partial charge in [0, 0.05) is 7.11 Å². The normalized spacial score (nSPS) is 50.1. The molecule has 17 heavy (non-hydrogen) atoms. The smallest absolute Gasteiger partial charge is 0.150 e. The minimum absolute atomic E-state index is 0.331. The first-order valence-corrected chi connectivity index (χ1v) is 7.93. The van der Waals surface area contributed by atoms with Crippen molar-refractivity contribution in [3.8, 4) is 6.07 Å². The zero-order valence-corrected chi connectivity index (χ0v) is 10.7. The van der Waals surface area contributed by atoms with E-state index in [9.17, 15) is 13.7 Å². The SMILES string of the molecule is COCC1(C#N)C[C@@H]2[C@H](C1)[C@H]1CS(=O)(=O)C[C@H]21. The summed E-state index contributed by atoms with van der Waals surface area (Å²) in [6.07, 6.45) is 1.66. The predicted molar refractivity (Wildman–Crippen MR) is 61.8 cm³/mol. The summed E-state index contributed by atoms with van der Waals surface area (Å²) in [5.74, 6) is 2.27. The molecule has 0 aromatic rings. The van der Waals surface area contributed by atoms with E-state index in [0.29, 0.717) is 41.8 Å². The number of hydrogen-bond donors (Lipinski definition) is 0. The van der Waals surface area contributed by atoms with Crippen LogP contribution in [-0.2, 0) is 14.6 Å². The minimum Gasteiger partial charge on any atom is -0.383 e. The molecular formula is C12H17NO3S. The van der Waals surface area contributed by atoms with Crippen molar-refractivity contribution in [3.05, 3.63) is 0 Å². The maximum atomic E-state index is 11.6. The van der Waals surface area contributed by atoms with Gasteiger partial charge in [0.25, 0.3) is 0 Å². The molecule has 3 aliphatic rings. The largest absolute Gasteiger partial charge is 0.383 e. The van der Waals surface area contributed by atoms with Crippen LogP contribution in [0.15, 0.2) is 0 Å². The fraction of sp³-hybridized carbons (Fsp3) is 0.917. The highest BCUT2D eigenvalue weighted by Crippen LogP contribution is 2.63. The Labute approximate surface area is 102 Å². The third-order valence-corrected chi connectivity index (χ3v) is 6.79. The number of nitrogens with zero attached hydrogens (tertiary/aromatic N) is 1. The van der Waals surface area contributed by atoms with Crippen LogP contribution >= 0.6 is 0 Å². The van der Waals surface area contributed by atoms with Crippen molar-refractivity contribution in [3.63, 3.8) is 0 Å². The maximum absolute atomic E-state index is 11.6. The summed E-state index contributed by atoms with van der Waals surface area (Å²) in [6.45, 7) is 0.489. The van der Waals surface area contributed by atoms with Crippen LogP contribution in [0.25, 0.3) is 0 Å². The molecule has 0 aromatic carbocycles. The lowest BCUT2D eigenvalue weighted by Crippen LogP contribution is -2.42. The molecule has 3 rings (SSSR count). The van der Waals surface area contributed by atoms with Gasteiger partial charge in [-0.25, -0.2) is 8.42 Å². The third-order valence-electron chi connectivity index (χ3n) is 5.00. The Morgan fingerprint density at radius 3 is 2.18 bits per heavy atom. The van der Waals surface area contributed by atoms with E-state index < -0.39 is 9.84 Å². The average Bonchev–Trinajstić information content (AvgIpc) is 2.74. The number of nitriles is 1. The Kier molecular flexibility index (Phi) is 2.34. The van der Waals surface area contributed by atoms with Crippen molar-refractivity contribution in [1.29, 1.82) is 5.26 Å². The summed E-state index contributed by atoms with van der Waals surface area (Å²) in [5, 5.41) is 9.33. The lowest BCUT2D eigenvalue weighted by atomic mass is 9.60. The molecule has 0 spiro atoms. The first-order valence-electron chi connectivity index (χ1n) is 6.11. The number of rotatable bonds is 2. The molecule has 1 aliphatic heterocycles. The van der Waals surface area contributed by atoms with Crippen LogP contribution in [0.5, 0.6) is 0 Å². The van der Waals surface area contributed by atoms with Crippen molar-refractivity contribution in [2.24, 2.45) is 29.1 Å². The second kappa shape index (κ2) is 3.46. The lowest BCUT2D eigenvalue weighted by molar-refractivity contribution is 0.0462. The minimum atomic E-state index is -2.79. The fourth-order valence-corrected chi connectivity index (χ4v) is 6.68. The Bertz CT molecular complexity index is 452. The molecule has 1 heterocycles. The molecule has 5 atom stereocenters. The van der Waals surface area contributed by atoms with Crippen molar-refractivity contribution >= 4 is 9.84 Å². The van der Waals surface area contributed by atoms with E-state index in [1.807, 2.05) is 0 Å². The molecule has 1 unspecified atom stereocenters.